The van der Waals surface area contributed by atoms with Crippen molar-refractivity contribution in [3.05, 3.63) is 27.1 Å². The average Bonchev–Trinajstić information content (AvgIpc) is 2.16. The fraction of sp³-hybridized carbons (Fsp3) is 0.545. The lowest BCUT2D eigenvalue weighted by Crippen LogP contribution is -2.32. The number of nitrogens with zero attached hydrogens (tertiary/aromatic N) is 1. The van der Waals surface area contributed by atoms with Gasteiger partial charge in [0.05, 0.1) is 7.11 Å². The van der Waals surface area contributed by atoms with E-state index < -0.39 is 0 Å². The van der Waals surface area contributed by atoms with Gasteiger partial charge in [0.15, 0.2) is 5.75 Å². The van der Waals surface area contributed by atoms with Gasteiger partial charge < -0.3 is 9.30 Å². The lowest BCUT2D eigenvalue weighted by molar-refractivity contribution is 0.209. The fourth-order valence-corrected chi connectivity index (χ4v) is 2.48. The van der Waals surface area contributed by atoms with Crippen LogP contribution in [0.15, 0.2) is 21.5 Å². The van der Waals surface area contributed by atoms with Crippen LogP contribution >= 0.6 is 15.9 Å². The second-order valence-corrected chi connectivity index (χ2v) is 5.09. The summed E-state index contributed by atoms with van der Waals surface area (Å²) in [7, 11) is 1.52. The van der Waals surface area contributed by atoms with Gasteiger partial charge in [0.2, 0.25) is 0 Å². The number of aromatic nitrogens is 1. The Hall–Kier alpha value is -0.770. The van der Waals surface area contributed by atoms with E-state index in [9.17, 15) is 4.79 Å². The molecule has 1 aromatic heterocycles. The third kappa shape index (κ3) is 1.95. The zero-order chi connectivity index (χ0) is 11.0. The molecule has 2 rings (SSSR count). The molecule has 0 saturated heterocycles. The molecule has 1 aromatic rings. The van der Waals surface area contributed by atoms with Gasteiger partial charge in [-0.2, -0.15) is 0 Å². The first-order valence-corrected chi connectivity index (χ1v) is 5.86. The summed E-state index contributed by atoms with van der Waals surface area (Å²) < 4.78 is 7.72. The number of rotatable bonds is 2. The molecular formula is C11H14BrNO2. The summed E-state index contributed by atoms with van der Waals surface area (Å²) >= 11 is 3.38. The quantitative estimate of drug-likeness (QED) is 0.828. The van der Waals surface area contributed by atoms with E-state index in [0.717, 1.165) is 23.2 Å². The van der Waals surface area contributed by atoms with Gasteiger partial charge in [0, 0.05) is 22.8 Å². The molecule has 4 heteroatoms. The minimum atomic E-state index is -0.0300. The van der Waals surface area contributed by atoms with Crippen LogP contribution in [0.25, 0.3) is 0 Å². The van der Waals surface area contributed by atoms with Gasteiger partial charge in [-0.05, 0) is 34.7 Å². The molecular weight excluding hydrogens is 258 g/mol. The summed E-state index contributed by atoms with van der Waals surface area (Å²) in [5, 5.41) is 0. The van der Waals surface area contributed by atoms with Crippen LogP contribution in [0.3, 0.4) is 0 Å². The minimum Gasteiger partial charge on any atom is -0.491 e. The molecule has 0 aromatic carbocycles. The Balaban J connectivity index is 2.38. The Bertz CT molecular complexity index is 421. The van der Waals surface area contributed by atoms with Crippen LogP contribution in [0, 0.1) is 5.92 Å². The molecule has 0 aliphatic heterocycles. The molecule has 0 radical (unpaired) electrons. The van der Waals surface area contributed by atoms with Crippen molar-refractivity contribution in [2.45, 2.75) is 25.8 Å². The van der Waals surface area contributed by atoms with Gasteiger partial charge >= 0.3 is 0 Å². The van der Waals surface area contributed by atoms with E-state index in [-0.39, 0.29) is 5.56 Å². The zero-order valence-electron chi connectivity index (χ0n) is 8.87. The summed E-state index contributed by atoms with van der Waals surface area (Å²) in [6.45, 7) is 2.21. The lowest BCUT2D eigenvalue weighted by Gasteiger charge is -2.34. The monoisotopic (exact) mass is 271 g/mol. The molecule has 1 heterocycles. The Morgan fingerprint density at radius 3 is 2.73 bits per heavy atom. The number of hydrogen-bond acceptors (Lipinski definition) is 2. The second-order valence-electron chi connectivity index (χ2n) is 4.17. The first-order valence-electron chi connectivity index (χ1n) is 5.07. The molecule has 0 amide bonds. The van der Waals surface area contributed by atoms with Crippen molar-refractivity contribution in [1.82, 2.24) is 4.57 Å². The molecule has 0 N–H and O–H groups in total. The van der Waals surface area contributed by atoms with Crippen molar-refractivity contribution in [2.24, 2.45) is 5.92 Å². The van der Waals surface area contributed by atoms with Crippen LogP contribution in [-0.4, -0.2) is 11.7 Å². The van der Waals surface area contributed by atoms with E-state index in [1.54, 1.807) is 10.6 Å². The van der Waals surface area contributed by atoms with Crippen molar-refractivity contribution in [3.63, 3.8) is 0 Å². The van der Waals surface area contributed by atoms with Gasteiger partial charge in [-0.1, -0.05) is 6.92 Å². The van der Waals surface area contributed by atoms with Gasteiger partial charge in [0.1, 0.15) is 0 Å². The van der Waals surface area contributed by atoms with E-state index in [4.69, 9.17) is 4.74 Å². The van der Waals surface area contributed by atoms with Crippen LogP contribution < -0.4 is 10.3 Å². The maximum absolute atomic E-state index is 11.9. The van der Waals surface area contributed by atoms with Gasteiger partial charge in [-0.15, -0.1) is 0 Å². The van der Waals surface area contributed by atoms with Crippen LogP contribution in [0.5, 0.6) is 5.75 Å². The van der Waals surface area contributed by atoms with E-state index in [0.29, 0.717) is 11.8 Å². The molecule has 1 fully saturated rings. The highest BCUT2D eigenvalue weighted by Gasteiger charge is 2.28. The minimum absolute atomic E-state index is 0.0300. The first-order chi connectivity index (χ1) is 7.11. The molecule has 0 atom stereocenters. The zero-order valence-corrected chi connectivity index (χ0v) is 10.5. The Kier molecular flexibility index (Phi) is 2.87. The molecule has 3 nitrogen and oxygen atoms in total. The van der Waals surface area contributed by atoms with Gasteiger partial charge in [-0.3, -0.25) is 4.79 Å². The highest BCUT2D eigenvalue weighted by molar-refractivity contribution is 9.10. The van der Waals surface area contributed by atoms with Crippen LogP contribution in [-0.2, 0) is 0 Å². The van der Waals surface area contributed by atoms with Crippen LogP contribution in [0.4, 0.5) is 0 Å². The van der Waals surface area contributed by atoms with Gasteiger partial charge in [-0.25, -0.2) is 0 Å². The Labute approximate surface area is 97.2 Å². The Morgan fingerprint density at radius 1 is 1.53 bits per heavy atom. The summed E-state index contributed by atoms with van der Waals surface area (Å²) in [4.78, 5) is 11.9. The van der Waals surface area contributed by atoms with E-state index in [2.05, 4.69) is 22.9 Å². The molecule has 15 heavy (non-hydrogen) atoms. The lowest BCUT2D eigenvalue weighted by atomic mass is 9.81. The fourth-order valence-electron chi connectivity index (χ4n) is 2.05. The number of halogens is 1. The standard InChI is InChI=1S/C11H14BrNO2/c1-7-3-9(4-7)13-6-8(12)5-10(15-2)11(13)14/h5-7,9H,3-4H2,1-2H3/t7-,9+. The number of ether oxygens (including phenoxy) is 1. The van der Waals surface area contributed by atoms with Crippen molar-refractivity contribution >= 4 is 15.9 Å². The molecule has 1 saturated carbocycles. The predicted molar refractivity (Wildman–Crippen MR) is 62.4 cm³/mol. The molecule has 0 unspecified atom stereocenters. The second kappa shape index (κ2) is 4.00. The molecule has 0 spiro atoms. The van der Waals surface area contributed by atoms with Crippen molar-refractivity contribution in [1.29, 1.82) is 0 Å². The van der Waals surface area contributed by atoms with Crippen LogP contribution in [0.1, 0.15) is 25.8 Å². The van der Waals surface area contributed by atoms with E-state index in [1.807, 2.05) is 6.20 Å². The smallest absolute Gasteiger partial charge is 0.293 e. The highest BCUT2D eigenvalue weighted by Crippen LogP contribution is 2.36. The molecule has 82 valence electrons. The molecule has 1 aliphatic carbocycles. The van der Waals surface area contributed by atoms with Crippen molar-refractivity contribution in [3.8, 4) is 5.75 Å². The summed E-state index contributed by atoms with van der Waals surface area (Å²) in [5.41, 5.74) is -0.0300. The van der Waals surface area contributed by atoms with E-state index >= 15 is 0 Å². The Morgan fingerprint density at radius 2 is 2.20 bits per heavy atom. The topological polar surface area (TPSA) is 31.2 Å². The maximum atomic E-state index is 11.9. The summed E-state index contributed by atoms with van der Waals surface area (Å²) in [6.07, 6.45) is 4.01. The van der Waals surface area contributed by atoms with Crippen molar-refractivity contribution in [2.75, 3.05) is 7.11 Å². The van der Waals surface area contributed by atoms with Crippen LogP contribution in [0.2, 0.25) is 0 Å². The molecule has 1 aliphatic rings. The predicted octanol–water partition coefficient (Wildman–Crippen LogP) is 2.59. The molecule has 0 bridgehead atoms. The summed E-state index contributed by atoms with van der Waals surface area (Å²) in [6, 6.07) is 2.06. The third-order valence-electron chi connectivity index (χ3n) is 2.94. The summed E-state index contributed by atoms with van der Waals surface area (Å²) in [5.74, 6) is 1.14. The average molecular weight is 272 g/mol. The maximum Gasteiger partial charge on any atom is 0.293 e. The van der Waals surface area contributed by atoms with Gasteiger partial charge in [0.25, 0.3) is 5.56 Å². The largest absolute Gasteiger partial charge is 0.491 e. The number of pyridine rings is 1. The SMILES string of the molecule is COc1cc(Br)cn([C@H]2C[C@@H](C)C2)c1=O. The first kappa shape index (κ1) is 10.7. The third-order valence-corrected chi connectivity index (χ3v) is 3.37. The van der Waals surface area contributed by atoms with E-state index in [1.165, 1.54) is 7.11 Å². The number of hydrogen-bond donors (Lipinski definition) is 0. The van der Waals surface area contributed by atoms with Crippen molar-refractivity contribution < 1.29 is 4.74 Å². The number of methoxy groups -OCH3 is 1. The normalized spacial score (nSPS) is 24.7. The highest BCUT2D eigenvalue weighted by atomic mass is 79.9.